The molecule has 6 heteroatoms. The molecule has 1 aliphatic carbocycles. The van der Waals surface area contributed by atoms with Crippen molar-refractivity contribution < 1.29 is 28.9 Å². The predicted octanol–water partition coefficient (Wildman–Crippen LogP) is 8.80. The second kappa shape index (κ2) is 19.7. The maximum Gasteiger partial charge on any atom is 0.333 e. The van der Waals surface area contributed by atoms with Gasteiger partial charge in [-0.25, -0.2) is 9.59 Å². The number of carbonyl (C=O) groups excluding carboxylic acids is 2. The van der Waals surface area contributed by atoms with Crippen LogP contribution in [0.4, 0.5) is 0 Å². The first-order chi connectivity index (χ1) is 22.7. The number of aliphatic hydroxyl groups excluding tert-OH is 1. The van der Waals surface area contributed by atoms with Crippen molar-refractivity contribution >= 4 is 17.5 Å². The number of esters is 2. The van der Waals surface area contributed by atoms with Gasteiger partial charge in [0, 0.05) is 17.1 Å². The zero-order chi connectivity index (χ0) is 34.2. The Labute approximate surface area is 282 Å². The van der Waals surface area contributed by atoms with Gasteiger partial charge in [0.25, 0.3) is 0 Å². The minimum atomic E-state index is -0.397. The van der Waals surface area contributed by atoms with Crippen LogP contribution in [0.5, 0.6) is 5.75 Å². The molecule has 0 aliphatic heterocycles. The zero-order valence-corrected chi connectivity index (χ0v) is 29.0. The fourth-order valence-electron chi connectivity index (χ4n) is 5.86. The molecule has 0 saturated carbocycles. The monoisotopic (exact) mass is 642 g/mol. The van der Waals surface area contributed by atoms with Crippen molar-refractivity contribution in [3.63, 3.8) is 0 Å². The van der Waals surface area contributed by atoms with Crippen LogP contribution in [-0.2, 0) is 38.3 Å². The third-order valence-electron chi connectivity index (χ3n) is 8.48. The highest BCUT2D eigenvalue weighted by Gasteiger charge is 2.21. The lowest BCUT2D eigenvalue weighted by Crippen LogP contribution is -2.11. The molecule has 0 saturated heterocycles. The molecular weight excluding hydrogens is 588 g/mol. The third kappa shape index (κ3) is 11.7. The largest absolute Gasteiger partial charge is 0.491 e. The van der Waals surface area contributed by atoms with Gasteiger partial charge in [0.15, 0.2) is 0 Å². The highest BCUT2D eigenvalue weighted by molar-refractivity contribution is 5.87. The van der Waals surface area contributed by atoms with E-state index >= 15 is 0 Å². The van der Waals surface area contributed by atoms with Crippen LogP contribution in [0.3, 0.4) is 0 Å². The minimum Gasteiger partial charge on any atom is -0.491 e. The highest BCUT2D eigenvalue weighted by Crippen LogP contribution is 2.39. The number of allylic oxidation sites excluding steroid dienone is 4. The van der Waals surface area contributed by atoms with E-state index in [1.54, 1.807) is 13.8 Å². The Morgan fingerprint density at radius 3 is 1.94 bits per heavy atom. The lowest BCUT2D eigenvalue weighted by Gasteiger charge is -2.25. The van der Waals surface area contributed by atoms with Crippen molar-refractivity contribution in [3.05, 3.63) is 106 Å². The standard InChI is InChI=1S/C41H54O6/c1-7-9-10-13-31-16-18-33(19-17-31)34-20-21-38(32(8-2)26-34)37-27-35(14-11-23-46-40(43)29(3)4)39(45-25-22-42)36(28-37)15-12-24-47-41(44)30(5)6/h16-21,27-28,34,42H,3,5,7-15,22-26H2,1-2,4,6H3. The van der Waals surface area contributed by atoms with Crippen LogP contribution in [0.15, 0.2) is 78.4 Å². The van der Waals surface area contributed by atoms with Crippen LogP contribution in [0.2, 0.25) is 0 Å². The molecule has 0 amide bonds. The van der Waals surface area contributed by atoms with Gasteiger partial charge in [-0.05, 0) is 111 Å². The Kier molecular flexibility index (Phi) is 15.7. The first-order valence-electron chi connectivity index (χ1n) is 17.2. The Balaban J connectivity index is 1.90. The number of rotatable bonds is 20. The van der Waals surface area contributed by atoms with Crippen LogP contribution in [0.25, 0.3) is 5.57 Å². The van der Waals surface area contributed by atoms with E-state index in [4.69, 9.17) is 14.2 Å². The molecule has 0 heterocycles. The number of unbranched alkanes of at least 4 members (excludes halogenated alkanes) is 2. The molecule has 2 aromatic rings. The number of aliphatic hydroxyl groups is 1. The van der Waals surface area contributed by atoms with Crippen molar-refractivity contribution in [2.24, 2.45) is 0 Å². The van der Waals surface area contributed by atoms with Gasteiger partial charge in [-0.3, -0.25) is 0 Å². The molecule has 0 radical (unpaired) electrons. The van der Waals surface area contributed by atoms with Crippen molar-refractivity contribution in [1.29, 1.82) is 0 Å². The fourth-order valence-corrected chi connectivity index (χ4v) is 5.86. The molecule has 1 unspecified atom stereocenters. The number of ether oxygens (including phenoxy) is 3. The molecule has 254 valence electrons. The molecule has 3 rings (SSSR count). The summed E-state index contributed by atoms with van der Waals surface area (Å²) in [6.45, 7) is 15.6. The molecule has 0 fully saturated rings. The normalized spacial score (nSPS) is 14.2. The number of benzene rings is 2. The Bertz CT molecular complexity index is 1370. The van der Waals surface area contributed by atoms with Crippen LogP contribution in [-0.4, -0.2) is 43.5 Å². The van der Waals surface area contributed by atoms with Crippen molar-refractivity contribution in [1.82, 2.24) is 0 Å². The van der Waals surface area contributed by atoms with Gasteiger partial charge >= 0.3 is 11.9 Å². The molecule has 6 nitrogen and oxygen atoms in total. The van der Waals surface area contributed by atoms with E-state index < -0.39 is 11.9 Å². The molecule has 0 spiro atoms. The van der Waals surface area contributed by atoms with Crippen LogP contribution >= 0.6 is 0 Å². The van der Waals surface area contributed by atoms with Crippen LogP contribution < -0.4 is 4.74 Å². The lowest BCUT2D eigenvalue weighted by atomic mass is 9.81. The van der Waals surface area contributed by atoms with E-state index in [0.29, 0.717) is 42.7 Å². The van der Waals surface area contributed by atoms with Gasteiger partial charge in [0.05, 0.1) is 19.8 Å². The molecule has 2 aromatic carbocycles. The SMILES string of the molecule is C=C(C)C(=O)OCCCc1cc(C2=C(CC)CC(c3ccc(CCCCC)cc3)C=C2)cc(CCCOC(=O)C(=C)C)c1OCCO. The quantitative estimate of drug-likeness (QED) is 0.0883. The Morgan fingerprint density at radius 2 is 1.43 bits per heavy atom. The third-order valence-corrected chi connectivity index (χ3v) is 8.48. The van der Waals surface area contributed by atoms with E-state index in [1.165, 1.54) is 41.5 Å². The topological polar surface area (TPSA) is 82.1 Å². The van der Waals surface area contributed by atoms with Gasteiger partial charge < -0.3 is 19.3 Å². The number of hydrogen-bond donors (Lipinski definition) is 1. The number of aryl methyl sites for hydroxylation is 3. The summed E-state index contributed by atoms with van der Waals surface area (Å²) >= 11 is 0. The molecular formula is C41H54O6. The molecule has 1 N–H and O–H groups in total. The zero-order valence-electron chi connectivity index (χ0n) is 29.0. The predicted molar refractivity (Wildman–Crippen MR) is 191 cm³/mol. The van der Waals surface area contributed by atoms with Gasteiger partial charge in [-0.1, -0.05) is 81.8 Å². The number of hydrogen-bond acceptors (Lipinski definition) is 6. The average Bonchev–Trinajstić information content (AvgIpc) is 3.07. The van der Waals surface area contributed by atoms with Gasteiger partial charge in [0.2, 0.25) is 0 Å². The van der Waals surface area contributed by atoms with E-state index in [9.17, 15) is 14.7 Å². The van der Waals surface area contributed by atoms with Gasteiger partial charge in [-0.15, -0.1) is 0 Å². The average molecular weight is 643 g/mol. The summed E-state index contributed by atoms with van der Waals surface area (Å²) in [5, 5.41) is 9.60. The second-order valence-electron chi connectivity index (χ2n) is 12.5. The molecule has 0 aromatic heterocycles. The summed E-state index contributed by atoms with van der Waals surface area (Å²) in [5.41, 5.74) is 9.21. The maximum absolute atomic E-state index is 12.0. The van der Waals surface area contributed by atoms with Crippen molar-refractivity contribution in [2.75, 3.05) is 26.4 Å². The van der Waals surface area contributed by atoms with Crippen LogP contribution in [0.1, 0.15) is 106 Å². The van der Waals surface area contributed by atoms with E-state index in [2.05, 4.69) is 75.6 Å². The molecule has 0 bridgehead atoms. The lowest BCUT2D eigenvalue weighted by molar-refractivity contribution is -0.139. The summed E-state index contributed by atoms with van der Waals surface area (Å²) in [4.78, 5) is 23.9. The van der Waals surface area contributed by atoms with Crippen molar-refractivity contribution in [3.8, 4) is 5.75 Å². The first kappa shape index (κ1) is 37.6. The first-order valence-corrected chi connectivity index (χ1v) is 17.2. The molecule has 1 aliphatic rings. The Morgan fingerprint density at radius 1 is 0.830 bits per heavy atom. The molecule has 47 heavy (non-hydrogen) atoms. The number of carbonyl (C=O) groups is 2. The highest BCUT2D eigenvalue weighted by atomic mass is 16.5. The maximum atomic E-state index is 12.0. The summed E-state index contributed by atoms with van der Waals surface area (Å²) in [6.07, 6.45) is 13.8. The minimum absolute atomic E-state index is 0.109. The summed E-state index contributed by atoms with van der Waals surface area (Å²) in [6, 6.07) is 13.5. The fraction of sp³-hybridized carbons (Fsp3) is 0.463. The van der Waals surface area contributed by atoms with E-state index in [1.807, 2.05) is 0 Å². The summed E-state index contributed by atoms with van der Waals surface area (Å²) < 4.78 is 16.9. The van der Waals surface area contributed by atoms with Crippen LogP contribution in [0, 0.1) is 0 Å². The smallest absolute Gasteiger partial charge is 0.333 e. The van der Waals surface area contributed by atoms with Crippen molar-refractivity contribution in [2.45, 2.75) is 97.8 Å². The second-order valence-corrected chi connectivity index (χ2v) is 12.5. The van der Waals surface area contributed by atoms with E-state index in [0.717, 1.165) is 41.7 Å². The van der Waals surface area contributed by atoms with Gasteiger partial charge in [-0.2, -0.15) is 0 Å². The Hall–Kier alpha value is -3.90. The van der Waals surface area contributed by atoms with Gasteiger partial charge in [0.1, 0.15) is 12.4 Å². The van der Waals surface area contributed by atoms with E-state index in [-0.39, 0.29) is 26.4 Å². The summed E-state index contributed by atoms with van der Waals surface area (Å²) in [5.74, 6) is 0.267. The molecule has 1 atom stereocenters. The summed E-state index contributed by atoms with van der Waals surface area (Å²) in [7, 11) is 0.